The molecule has 1 rings (SSSR count). The highest BCUT2D eigenvalue weighted by Crippen LogP contribution is 2.22. The van der Waals surface area contributed by atoms with Gasteiger partial charge in [-0.3, -0.25) is 0 Å². The van der Waals surface area contributed by atoms with Crippen molar-refractivity contribution in [3.63, 3.8) is 0 Å². The second kappa shape index (κ2) is 9.65. The number of unbranched alkanes of at least 4 members (excludes halogenated alkanes) is 5. The molecule has 1 fully saturated rings. The number of aliphatic hydroxyl groups excluding tert-OH is 4. The molecule has 0 aromatic heterocycles. The second-order valence-electron chi connectivity index (χ2n) is 5.34. The van der Waals surface area contributed by atoms with E-state index in [4.69, 9.17) is 14.6 Å². The quantitative estimate of drug-likeness (QED) is 0.452. The van der Waals surface area contributed by atoms with Gasteiger partial charge in [0.15, 0.2) is 6.29 Å². The van der Waals surface area contributed by atoms with Gasteiger partial charge in [-0.05, 0) is 6.42 Å². The van der Waals surface area contributed by atoms with Crippen LogP contribution < -0.4 is 0 Å². The van der Waals surface area contributed by atoms with Crippen LogP contribution in [0.5, 0.6) is 0 Å². The van der Waals surface area contributed by atoms with Gasteiger partial charge in [0.25, 0.3) is 0 Å². The summed E-state index contributed by atoms with van der Waals surface area (Å²) in [6, 6.07) is 0. The fourth-order valence-electron chi connectivity index (χ4n) is 2.29. The van der Waals surface area contributed by atoms with Gasteiger partial charge in [0.1, 0.15) is 24.4 Å². The fourth-order valence-corrected chi connectivity index (χ4v) is 2.29. The number of ether oxygens (including phenoxy) is 2. The average molecular weight is 292 g/mol. The van der Waals surface area contributed by atoms with Crippen LogP contribution in [0.4, 0.5) is 0 Å². The first-order valence-electron chi connectivity index (χ1n) is 7.54. The number of aliphatic hydroxyl groups is 4. The lowest BCUT2D eigenvalue weighted by atomic mass is 9.99. The minimum absolute atomic E-state index is 0.425. The second-order valence-corrected chi connectivity index (χ2v) is 5.34. The van der Waals surface area contributed by atoms with E-state index in [1.807, 2.05) is 0 Å². The molecular weight excluding hydrogens is 264 g/mol. The normalized spacial score (nSPS) is 34.4. The molecule has 0 bridgehead atoms. The third-order valence-electron chi connectivity index (χ3n) is 3.63. The van der Waals surface area contributed by atoms with E-state index in [0.717, 1.165) is 19.3 Å². The lowest BCUT2D eigenvalue weighted by molar-refractivity contribution is -0.301. The highest BCUT2D eigenvalue weighted by atomic mass is 16.7. The zero-order valence-corrected chi connectivity index (χ0v) is 12.1. The van der Waals surface area contributed by atoms with E-state index in [2.05, 4.69) is 6.92 Å². The van der Waals surface area contributed by atoms with Crippen LogP contribution in [-0.4, -0.2) is 64.3 Å². The van der Waals surface area contributed by atoms with Crippen molar-refractivity contribution in [2.45, 2.75) is 76.2 Å². The topological polar surface area (TPSA) is 99.4 Å². The lowest BCUT2D eigenvalue weighted by Gasteiger charge is -2.39. The summed E-state index contributed by atoms with van der Waals surface area (Å²) in [5.74, 6) is 0. The highest BCUT2D eigenvalue weighted by molar-refractivity contribution is 4.88. The number of hydrogen-bond acceptors (Lipinski definition) is 6. The molecule has 1 saturated heterocycles. The van der Waals surface area contributed by atoms with Crippen LogP contribution in [0.1, 0.15) is 45.4 Å². The third-order valence-corrected chi connectivity index (χ3v) is 3.63. The fraction of sp³-hybridized carbons (Fsp3) is 1.00. The molecule has 5 atom stereocenters. The molecule has 0 amide bonds. The monoisotopic (exact) mass is 292 g/mol. The molecule has 0 aliphatic carbocycles. The van der Waals surface area contributed by atoms with Gasteiger partial charge in [0.2, 0.25) is 0 Å². The molecule has 0 radical (unpaired) electrons. The number of rotatable bonds is 9. The molecule has 4 N–H and O–H groups in total. The van der Waals surface area contributed by atoms with Crippen LogP contribution in [0.3, 0.4) is 0 Å². The van der Waals surface area contributed by atoms with Crippen LogP contribution in [-0.2, 0) is 9.47 Å². The van der Waals surface area contributed by atoms with Crippen molar-refractivity contribution in [3.8, 4) is 0 Å². The Morgan fingerprint density at radius 3 is 2.20 bits per heavy atom. The Hall–Kier alpha value is -0.240. The summed E-state index contributed by atoms with van der Waals surface area (Å²) in [7, 11) is 0. The van der Waals surface area contributed by atoms with E-state index in [0.29, 0.717) is 6.61 Å². The molecule has 6 heteroatoms. The van der Waals surface area contributed by atoms with Crippen LogP contribution in [0, 0.1) is 0 Å². The van der Waals surface area contributed by atoms with Crippen molar-refractivity contribution < 1.29 is 29.9 Å². The summed E-state index contributed by atoms with van der Waals surface area (Å²) in [6.07, 6.45) is 0.851. The summed E-state index contributed by atoms with van der Waals surface area (Å²) in [4.78, 5) is 0. The van der Waals surface area contributed by atoms with Gasteiger partial charge < -0.3 is 29.9 Å². The van der Waals surface area contributed by atoms with Crippen molar-refractivity contribution in [2.24, 2.45) is 0 Å². The maximum atomic E-state index is 9.75. The maximum Gasteiger partial charge on any atom is 0.186 e. The first-order chi connectivity index (χ1) is 9.61. The Bertz CT molecular complexity index is 248. The Morgan fingerprint density at radius 2 is 1.55 bits per heavy atom. The van der Waals surface area contributed by atoms with Crippen molar-refractivity contribution in [3.05, 3.63) is 0 Å². The molecule has 0 saturated carbocycles. The zero-order chi connectivity index (χ0) is 15.0. The van der Waals surface area contributed by atoms with Crippen LogP contribution in [0.15, 0.2) is 0 Å². The Balaban J connectivity index is 2.21. The Morgan fingerprint density at radius 1 is 0.900 bits per heavy atom. The first kappa shape index (κ1) is 17.8. The first-order valence-corrected chi connectivity index (χ1v) is 7.54. The van der Waals surface area contributed by atoms with Gasteiger partial charge in [-0.1, -0.05) is 39.0 Å². The van der Waals surface area contributed by atoms with Crippen LogP contribution in [0.25, 0.3) is 0 Å². The largest absolute Gasteiger partial charge is 0.394 e. The molecule has 20 heavy (non-hydrogen) atoms. The van der Waals surface area contributed by atoms with Crippen molar-refractivity contribution >= 4 is 0 Å². The van der Waals surface area contributed by atoms with Gasteiger partial charge in [-0.2, -0.15) is 0 Å². The average Bonchev–Trinajstić information content (AvgIpc) is 2.46. The van der Waals surface area contributed by atoms with Crippen molar-refractivity contribution in [2.75, 3.05) is 13.2 Å². The predicted octanol–water partition coefficient (Wildman–Crippen LogP) is 0.163. The summed E-state index contributed by atoms with van der Waals surface area (Å²) in [6.45, 7) is 2.17. The predicted molar refractivity (Wildman–Crippen MR) is 73.1 cm³/mol. The SMILES string of the molecule is CCCCCCCCOC1OC(CO)[C@@H](O)[C@H](O)C1O. The molecule has 1 aliphatic heterocycles. The molecule has 120 valence electrons. The molecule has 1 aliphatic rings. The van der Waals surface area contributed by atoms with Gasteiger partial charge in [-0.25, -0.2) is 0 Å². The smallest absolute Gasteiger partial charge is 0.186 e. The summed E-state index contributed by atoms with van der Waals surface area (Å²) >= 11 is 0. The minimum atomic E-state index is -1.37. The Kier molecular flexibility index (Phi) is 8.60. The molecular formula is C14H28O6. The van der Waals surface area contributed by atoms with E-state index in [9.17, 15) is 15.3 Å². The van der Waals surface area contributed by atoms with E-state index >= 15 is 0 Å². The standard InChI is InChI=1S/C14H28O6/c1-2-3-4-5-6-7-8-19-14-13(18)12(17)11(16)10(9-15)20-14/h10-18H,2-9H2,1H3/t10?,11-,12+,13?,14?/m1/s1. The highest BCUT2D eigenvalue weighted by Gasteiger charge is 2.43. The van der Waals surface area contributed by atoms with Crippen LogP contribution in [0.2, 0.25) is 0 Å². The third kappa shape index (κ3) is 5.27. The van der Waals surface area contributed by atoms with Gasteiger partial charge in [-0.15, -0.1) is 0 Å². The van der Waals surface area contributed by atoms with Crippen molar-refractivity contribution in [1.29, 1.82) is 0 Å². The van der Waals surface area contributed by atoms with E-state index in [-0.39, 0.29) is 0 Å². The van der Waals surface area contributed by atoms with E-state index < -0.39 is 37.3 Å². The lowest BCUT2D eigenvalue weighted by Crippen LogP contribution is -2.59. The Labute approximate surface area is 120 Å². The summed E-state index contributed by atoms with van der Waals surface area (Å²) in [5, 5.41) is 38.0. The van der Waals surface area contributed by atoms with E-state index in [1.165, 1.54) is 19.3 Å². The molecule has 0 spiro atoms. The van der Waals surface area contributed by atoms with E-state index in [1.54, 1.807) is 0 Å². The number of hydrogen-bond donors (Lipinski definition) is 4. The molecule has 6 nitrogen and oxygen atoms in total. The molecule has 0 aromatic carbocycles. The van der Waals surface area contributed by atoms with Crippen LogP contribution >= 0.6 is 0 Å². The van der Waals surface area contributed by atoms with Gasteiger partial charge in [0, 0.05) is 6.61 Å². The van der Waals surface area contributed by atoms with Gasteiger partial charge in [0.05, 0.1) is 6.61 Å². The molecule has 1 heterocycles. The summed E-state index contributed by atoms with van der Waals surface area (Å²) in [5.41, 5.74) is 0. The molecule has 3 unspecified atom stereocenters. The summed E-state index contributed by atoms with van der Waals surface area (Å²) < 4.78 is 10.6. The maximum absolute atomic E-state index is 9.75. The van der Waals surface area contributed by atoms with Gasteiger partial charge >= 0.3 is 0 Å². The molecule has 0 aromatic rings. The zero-order valence-electron chi connectivity index (χ0n) is 12.1. The minimum Gasteiger partial charge on any atom is -0.394 e. The van der Waals surface area contributed by atoms with Crippen molar-refractivity contribution in [1.82, 2.24) is 0 Å².